The fraction of sp³-hybridized carbons (Fsp3) is 0.286. The lowest BCUT2D eigenvalue weighted by Crippen LogP contribution is -2.00. The Kier molecular flexibility index (Phi) is 4.18. The highest BCUT2D eigenvalue weighted by molar-refractivity contribution is 5.55. The molecule has 0 bridgehead atoms. The first-order valence-electron chi connectivity index (χ1n) is 6.12. The summed E-state index contributed by atoms with van der Waals surface area (Å²) in [7, 11) is 3.33. The summed E-state index contributed by atoms with van der Waals surface area (Å²) in [5.74, 6) is 2.20. The largest absolute Gasteiger partial charge is 0.489 e. The van der Waals surface area contributed by atoms with E-state index in [1.807, 2.05) is 24.3 Å². The van der Waals surface area contributed by atoms with Crippen LogP contribution in [0.2, 0.25) is 0 Å². The predicted octanol–water partition coefficient (Wildman–Crippen LogP) is 2.88. The minimum absolute atomic E-state index is 0.395. The minimum Gasteiger partial charge on any atom is -0.489 e. The Labute approximate surface area is 112 Å². The summed E-state index contributed by atoms with van der Waals surface area (Å²) in [6.45, 7) is 2.11. The van der Waals surface area contributed by atoms with E-state index in [4.69, 9.17) is 9.47 Å². The highest BCUT2D eigenvalue weighted by Crippen LogP contribution is 2.33. The molecule has 5 nitrogen and oxygen atoms in total. The number of aryl methyl sites for hydroxylation is 1. The Bertz CT molecular complexity index is 541. The number of rotatable bonds is 5. The maximum atomic E-state index is 5.73. The van der Waals surface area contributed by atoms with E-state index in [1.54, 1.807) is 14.2 Å². The first-order valence-corrected chi connectivity index (χ1v) is 6.12. The summed E-state index contributed by atoms with van der Waals surface area (Å²) >= 11 is 0. The molecule has 0 aliphatic carbocycles. The van der Waals surface area contributed by atoms with Crippen molar-refractivity contribution in [2.45, 2.75) is 13.3 Å². The average Bonchev–Trinajstić information content (AvgIpc) is 2.47. The van der Waals surface area contributed by atoms with E-state index >= 15 is 0 Å². The number of hydrogen-bond donors (Lipinski definition) is 1. The van der Waals surface area contributed by atoms with Gasteiger partial charge in [0.2, 0.25) is 5.75 Å². The van der Waals surface area contributed by atoms with Gasteiger partial charge in [0.05, 0.1) is 7.11 Å². The van der Waals surface area contributed by atoms with Crippen molar-refractivity contribution in [2.75, 3.05) is 19.5 Å². The first-order chi connectivity index (χ1) is 9.28. The van der Waals surface area contributed by atoms with E-state index in [0.29, 0.717) is 17.4 Å². The molecule has 0 unspecified atom stereocenters. The van der Waals surface area contributed by atoms with Crippen LogP contribution in [-0.4, -0.2) is 24.1 Å². The lowest BCUT2D eigenvalue weighted by atomic mass is 10.2. The summed E-state index contributed by atoms with van der Waals surface area (Å²) < 4.78 is 11.0. The fourth-order valence-corrected chi connectivity index (χ4v) is 1.70. The van der Waals surface area contributed by atoms with Gasteiger partial charge in [-0.25, -0.2) is 4.98 Å². The Morgan fingerprint density at radius 3 is 2.47 bits per heavy atom. The Morgan fingerprint density at radius 1 is 1.16 bits per heavy atom. The van der Waals surface area contributed by atoms with E-state index < -0.39 is 0 Å². The van der Waals surface area contributed by atoms with Crippen molar-refractivity contribution in [3.63, 3.8) is 0 Å². The number of nitrogens with zero attached hydrogens (tertiary/aromatic N) is 2. The molecule has 1 heterocycles. The van der Waals surface area contributed by atoms with Crippen LogP contribution in [0.25, 0.3) is 0 Å². The van der Waals surface area contributed by atoms with Gasteiger partial charge >= 0.3 is 0 Å². The lowest BCUT2D eigenvalue weighted by Gasteiger charge is -2.11. The number of hydrogen-bond acceptors (Lipinski definition) is 5. The number of aromatic nitrogens is 2. The van der Waals surface area contributed by atoms with Crippen LogP contribution in [0, 0.1) is 0 Å². The standard InChI is InChI=1S/C14H17N3O2/c1-4-10-5-7-11(8-6-10)19-14-12(18-3)13(15-2)16-9-17-14/h5-9H,4H2,1-3H3,(H,15,16,17). The van der Waals surface area contributed by atoms with Gasteiger partial charge in [-0.1, -0.05) is 19.1 Å². The van der Waals surface area contributed by atoms with Crippen LogP contribution in [0.15, 0.2) is 30.6 Å². The van der Waals surface area contributed by atoms with Crippen LogP contribution in [0.5, 0.6) is 17.4 Å². The molecule has 0 aliphatic heterocycles. The van der Waals surface area contributed by atoms with Crippen LogP contribution in [-0.2, 0) is 6.42 Å². The fourth-order valence-electron chi connectivity index (χ4n) is 1.70. The Hall–Kier alpha value is -2.30. The molecule has 0 radical (unpaired) electrons. The molecular weight excluding hydrogens is 242 g/mol. The average molecular weight is 259 g/mol. The second kappa shape index (κ2) is 6.04. The van der Waals surface area contributed by atoms with E-state index in [-0.39, 0.29) is 0 Å². The second-order valence-electron chi connectivity index (χ2n) is 3.91. The summed E-state index contributed by atoms with van der Waals surface area (Å²) in [6.07, 6.45) is 2.44. The number of benzene rings is 1. The van der Waals surface area contributed by atoms with Crippen molar-refractivity contribution in [3.8, 4) is 17.4 Å². The second-order valence-corrected chi connectivity index (χ2v) is 3.91. The Morgan fingerprint density at radius 2 is 1.89 bits per heavy atom. The molecule has 100 valence electrons. The van der Waals surface area contributed by atoms with Gasteiger partial charge in [0, 0.05) is 7.05 Å². The molecule has 0 amide bonds. The van der Waals surface area contributed by atoms with Gasteiger partial charge in [-0.15, -0.1) is 0 Å². The highest BCUT2D eigenvalue weighted by atomic mass is 16.5. The monoisotopic (exact) mass is 259 g/mol. The van der Waals surface area contributed by atoms with Crippen molar-refractivity contribution >= 4 is 5.82 Å². The van der Waals surface area contributed by atoms with Crippen LogP contribution in [0.3, 0.4) is 0 Å². The van der Waals surface area contributed by atoms with Gasteiger partial charge in [0.15, 0.2) is 5.82 Å². The SMILES string of the molecule is CCc1ccc(Oc2ncnc(NC)c2OC)cc1. The zero-order chi connectivity index (χ0) is 13.7. The van der Waals surface area contributed by atoms with Crippen molar-refractivity contribution in [1.82, 2.24) is 9.97 Å². The number of anilines is 1. The van der Waals surface area contributed by atoms with Gasteiger partial charge < -0.3 is 14.8 Å². The van der Waals surface area contributed by atoms with Crippen molar-refractivity contribution in [3.05, 3.63) is 36.2 Å². The predicted molar refractivity (Wildman–Crippen MR) is 74.0 cm³/mol. The summed E-state index contributed by atoms with van der Waals surface area (Å²) in [5, 5.41) is 2.93. The highest BCUT2D eigenvalue weighted by Gasteiger charge is 2.13. The minimum atomic E-state index is 0.395. The molecule has 1 N–H and O–H groups in total. The van der Waals surface area contributed by atoms with Crippen LogP contribution in [0.4, 0.5) is 5.82 Å². The molecule has 0 saturated heterocycles. The molecular formula is C14H17N3O2. The summed E-state index contributed by atoms with van der Waals surface area (Å²) in [6, 6.07) is 7.89. The third-order valence-corrected chi connectivity index (χ3v) is 2.76. The van der Waals surface area contributed by atoms with Crippen LogP contribution in [0.1, 0.15) is 12.5 Å². The smallest absolute Gasteiger partial charge is 0.268 e. The molecule has 5 heteroatoms. The van der Waals surface area contributed by atoms with Crippen LogP contribution < -0.4 is 14.8 Å². The van der Waals surface area contributed by atoms with E-state index in [2.05, 4.69) is 22.2 Å². The number of nitrogens with one attached hydrogen (secondary N) is 1. The first kappa shape index (κ1) is 13.1. The van der Waals surface area contributed by atoms with Gasteiger partial charge in [-0.2, -0.15) is 4.98 Å². The quantitative estimate of drug-likeness (QED) is 0.894. The maximum absolute atomic E-state index is 5.73. The topological polar surface area (TPSA) is 56.3 Å². The molecule has 1 aromatic heterocycles. The zero-order valence-corrected chi connectivity index (χ0v) is 11.3. The van der Waals surface area contributed by atoms with E-state index in [9.17, 15) is 0 Å². The molecule has 0 aliphatic rings. The van der Waals surface area contributed by atoms with Gasteiger partial charge in [0.25, 0.3) is 5.88 Å². The van der Waals surface area contributed by atoms with E-state index in [1.165, 1.54) is 11.9 Å². The number of ether oxygens (including phenoxy) is 2. The summed E-state index contributed by atoms with van der Waals surface area (Å²) in [5.41, 5.74) is 1.26. The molecule has 2 aromatic rings. The lowest BCUT2D eigenvalue weighted by molar-refractivity contribution is 0.369. The molecule has 0 atom stereocenters. The molecule has 0 fully saturated rings. The normalized spacial score (nSPS) is 10.1. The maximum Gasteiger partial charge on any atom is 0.268 e. The molecule has 0 spiro atoms. The Balaban J connectivity index is 2.26. The molecule has 1 aromatic carbocycles. The van der Waals surface area contributed by atoms with Gasteiger partial charge in [0.1, 0.15) is 12.1 Å². The van der Waals surface area contributed by atoms with Crippen molar-refractivity contribution in [1.29, 1.82) is 0 Å². The van der Waals surface area contributed by atoms with Gasteiger partial charge in [-0.05, 0) is 24.1 Å². The van der Waals surface area contributed by atoms with Gasteiger partial charge in [-0.3, -0.25) is 0 Å². The molecule has 0 saturated carbocycles. The third-order valence-electron chi connectivity index (χ3n) is 2.76. The summed E-state index contributed by atoms with van der Waals surface area (Å²) in [4.78, 5) is 8.17. The van der Waals surface area contributed by atoms with Crippen LogP contribution >= 0.6 is 0 Å². The van der Waals surface area contributed by atoms with Crippen molar-refractivity contribution in [2.24, 2.45) is 0 Å². The third kappa shape index (κ3) is 2.93. The molecule has 2 rings (SSSR count). The van der Waals surface area contributed by atoms with E-state index in [0.717, 1.165) is 12.2 Å². The number of methoxy groups -OCH3 is 1. The van der Waals surface area contributed by atoms with Crippen molar-refractivity contribution < 1.29 is 9.47 Å². The molecule has 19 heavy (non-hydrogen) atoms. The zero-order valence-electron chi connectivity index (χ0n) is 11.3.